The standard InChI is InChI=1S/C49H60O7/c1-28-24-32-25-33(50)11-14-36(32)45-29(2)27-49(4)40(46(28)45)17-19-42(49)56-44(52)21-20-43(51)55-41-18-16-39-38-13-10-31-26-34(54-47(53)30-8-6-5-7-9-30)12-15-35(31)37(38)22-23-48(39,41)3/h5-9,12,15,25-26,28-29,36-42,45-46H,10-11,13-14,16-24,27H2,1-4H3/t28-,29+,36?,37?,38?,39?,40?,41+,42+,45?,46?,48+,49+/m1/s1. The minimum Gasteiger partial charge on any atom is -0.462 e. The molecule has 7 aliphatic rings. The number of carbonyl (C=O) groups excluding carboxylic acids is 4. The van der Waals surface area contributed by atoms with Crippen molar-refractivity contribution in [2.75, 3.05) is 0 Å². The van der Waals surface area contributed by atoms with Gasteiger partial charge in [-0.25, -0.2) is 4.79 Å². The van der Waals surface area contributed by atoms with Gasteiger partial charge in [0, 0.05) is 17.3 Å². The van der Waals surface area contributed by atoms with E-state index in [4.69, 9.17) is 14.2 Å². The van der Waals surface area contributed by atoms with Gasteiger partial charge in [-0.1, -0.05) is 57.5 Å². The molecule has 0 aromatic heterocycles. The summed E-state index contributed by atoms with van der Waals surface area (Å²) in [6.07, 6.45) is 13.6. The molecule has 0 bridgehead atoms. The van der Waals surface area contributed by atoms with Crippen molar-refractivity contribution in [3.63, 3.8) is 0 Å². The second-order valence-electron chi connectivity index (χ2n) is 19.6. The maximum absolute atomic E-state index is 13.4. The molecule has 0 amide bonds. The fourth-order valence-electron chi connectivity index (χ4n) is 14.4. The SMILES string of the molecule is C[C@@H]1CC2=CC(=O)CCC2C2C1C1CC[C@H](OC(=O)CCC(=O)O[C@H]3CCC4C5CCc6cc(OC(=O)c7ccccc7)ccc6C5CC[C@@]43C)[C@@]1(C)C[C@@H]2C. The molecule has 0 spiro atoms. The summed E-state index contributed by atoms with van der Waals surface area (Å²) >= 11 is 0. The zero-order valence-corrected chi connectivity index (χ0v) is 33.8. The summed E-state index contributed by atoms with van der Waals surface area (Å²) in [6, 6.07) is 15.3. The lowest BCUT2D eigenvalue weighted by molar-refractivity contribution is -0.167. The van der Waals surface area contributed by atoms with E-state index in [-0.39, 0.29) is 53.8 Å². The molecule has 7 unspecified atom stereocenters. The summed E-state index contributed by atoms with van der Waals surface area (Å²) in [6.45, 7) is 9.48. The number of carbonyl (C=O) groups is 4. The molecule has 56 heavy (non-hydrogen) atoms. The van der Waals surface area contributed by atoms with E-state index in [9.17, 15) is 19.2 Å². The summed E-state index contributed by atoms with van der Waals surface area (Å²) in [4.78, 5) is 51.7. The van der Waals surface area contributed by atoms with Gasteiger partial charge in [-0.05, 0) is 165 Å². The van der Waals surface area contributed by atoms with Crippen LogP contribution in [-0.2, 0) is 30.3 Å². The number of hydrogen-bond acceptors (Lipinski definition) is 7. The van der Waals surface area contributed by atoms with E-state index in [0.29, 0.717) is 76.8 Å². The Labute approximate surface area is 332 Å². The van der Waals surface area contributed by atoms with Crippen molar-refractivity contribution in [2.45, 2.75) is 136 Å². The molecule has 2 aromatic carbocycles. The summed E-state index contributed by atoms with van der Waals surface area (Å²) in [5.74, 6) is 4.78. The molecule has 0 saturated heterocycles. The van der Waals surface area contributed by atoms with Crippen LogP contribution in [0.1, 0.15) is 139 Å². The van der Waals surface area contributed by atoms with Gasteiger partial charge in [0.2, 0.25) is 0 Å². The first kappa shape index (κ1) is 37.8. The highest BCUT2D eigenvalue weighted by atomic mass is 16.6. The van der Waals surface area contributed by atoms with Crippen LogP contribution in [0, 0.1) is 58.2 Å². The van der Waals surface area contributed by atoms with Gasteiger partial charge in [0.05, 0.1) is 18.4 Å². The van der Waals surface area contributed by atoms with Crippen molar-refractivity contribution in [1.82, 2.24) is 0 Å². The molecular formula is C49H60O7. The lowest BCUT2D eigenvalue weighted by Gasteiger charge is -2.58. The Morgan fingerprint density at radius 1 is 0.732 bits per heavy atom. The van der Waals surface area contributed by atoms with Gasteiger partial charge < -0.3 is 14.2 Å². The Hall–Kier alpha value is -3.74. The third kappa shape index (κ3) is 6.47. The molecule has 0 aliphatic heterocycles. The Kier molecular flexibility index (Phi) is 9.84. The van der Waals surface area contributed by atoms with Gasteiger partial charge in [0.25, 0.3) is 0 Å². The van der Waals surface area contributed by atoms with Crippen LogP contribution in [0.4, 0.5) is 0 Å². The summed E-state index contributed by atoms with van der Waals surface area (Å²) in [5.41, 5.74) is 4.48. The molecule has 5 fully saturated rings. The number of allylic oxidation sites excluding steroid dienone is 1. The predicted octanol–water partition coefficient (Wildman–Crippen LogP) is 10.00. The lowest BCUT2D eigenvalue weighted by atomic mass is 9.47. The van der Waals surface area contributed by atoms with Crippen molar-refractivity contribution in [1.29, 1.82) is 0 Å². The zero-order chi connectivity index (χ0) is 38.9. The van der Waals surface area contributed by atoms with E-state index in [1.807, 2.05) is 30.3 Å². The Morgan fingerprint density at radius 2 is 1.45 bits per heavy atom. The van der Waals surface area contributed by atoms with Gasteiger partial charge in [0.1, 0.15) is 18.0 Å². The average Bonchev–Trinajstić information content (AvgIpc) is 3.68. The smallest absolute Gasteiger partial charge is 0.343 e. The van der Waals surface area contributed by atoms with Crippen LogP contribution in [-0.4, -0.2) is 35.9 Å². The Morgan fingerprint density at radius 3 is 2.20 bits per heavy atom. The number of benzene rings is 2. The van der Waals surface area contributed by atoms with Crippen molar-refractivity contribution >= 4 is 23.7 Å². The maximum atomic E-state index is 13.4. The summed E-state index contributed by atoms with van der Waals surface area (Å²) < 4.78 is 18.3. The van der Waals surface area contributed by atoms with E-state index in [1.54, 1.807) is 12.1 Å². The maximum Gasteiger partial charge on any atom is 0.343 e. The number of ketones is 1. The fourth-order valence-corrected chi connectivity index (χ4v) is 14.4. The Bertz CT molecular complexity index is 1920. The quantitative estimate of drug-likeness (QED) is 0.205. The topological polar surface area (TPSA) is 96.0 Å². The van der Waals surface area contributed by atoms with Crippen LogP contribution < -0.4 is 4.74 Å². The van der Waals surface area contributed by atoms with Crippen molar-refractivity contribution in [2.24, 2.45) is 58.2 Å². The molecule has 7 heteroatoms. The zero-order valence-electron chi connectivity index (χ0n) is 33.8. The molecule has 7 aliphatic carbocycles. The normalized spacial score (nSPS) is 39.4. The van der Waals surface area contributed by atoms with Crippen LogP contribution in [0.2, 0.25) is 0 Å². The number of aryl methyl sites for hydroxylation is 1. The van der Waals surface area contributed by atoms with E-state index >= 15 is 0 Å². The molecular weight excluding hydrogens is 701 g/mol. The number of hydrogen-bond donors (Lipinski definition) is 0. The fraction of sp³-hybridized carbons (Fsp3) is 0.633. The number of fused-ring (bicyclic) bond motifs is 10. The molecule has 0 heterocycles. The minimum atomic E-state index is -0.337. The Balaban J connectivity index is 0.781. The third-order valence-corrected chi connectivity index (χ3v) is 16.8. The van der Waals surface area contributed by atoms with E-state index in [1.165, 1.54) is 16.7 Å². The molecule has 2 aromatic rings. The molecule has 0 radical (unpaired) electrons. The lowest BCUT2D eigenvalue weighted by Crippen LogP contribution is -2.54. The van der Waals surface area contributed by atoms with Gasteiger partial charge >= 0.3 is 17.9 Å². The molecule has 13 atom stereocenters. The van der Waals surface area contributed by atoms with Gasteiger partial charge in [0.15, 0.2) is 5.78 Å². The van der Waals surface area contributed by atoms with Crippen molar-refractivity contribution in [3.05, 3.63) is 76.9 Å². The predicted molar refractivity (Wildman–Crippen MR) is 213 cm³/mol. The molecule has 5 saturated carbocycles. The summed E-state index contributed by atoms with van der Waals surface area (Å²) in [7, 11) is 0. The second-order valence-corrected chi connectivity index (χ2v) is 19.6. The van der Waals surface area contributed by atoms with Crippen molar-refractivity contribution in [3.8, 4) is 5.75 Å². The molecule has 9 rings (SSSR count). The van der Waals surface area contributed by atoms with Crippen molar-refractivity contribution < 1.29 is 33.4 Å². The monoisotopic (exact) mass is 760 g/mol. The van der Waals surface area contributed by atoms with Gasteiger partial charge in [-0.3, -0.25) is 14.4 Å². The van der Waals surface area contributed by atoms with Gasteiger partial charge in [-0.2, -0.15) is 0 Å². The molecule has 0 N–H and O–H groups in total. The minimum absolute atomic E-state index is 0.0554. The highest BCUT2D eigenvalue weighted by molar-refractivity contribution is 5.91. The molecule has 298 valence electrons. The van der Waals surface area contributed by atoms with Crippen LogP contribution in [0.15, 0.2) is 60.2 Å². The van der Waals surface area contributed by atoms with E-state index in [2.05, 4.69) is 39.8 Å². The average molecular weight is 761 g/mol. The largest absolute Gasteiger partial charge is 0.462 e. The van der Waals surface area contributed by atoms with E-state index in [0.717, 1.165) is 70.6 Å². The number of ether oxygens (including phenoxy) is 3. The van der Waals surface area contributed by atoms with Crippen LogP contribution >= 0.6 is 0 Å². The van der Waals surface area contributed by atoms with E-state index < -0.39 is 0 Å². The highest BCUT2D eigenvalue weighted by Crippen LogP contribution is 2.65. The first-order chi connectivity index (χ1) is 26.9. The number of esters is 3. The summed E-state index contributed by atoms with van der Waals surface area (Å²) in [5, 5.41) is 0. The van der Waals surface area contributed by atoms with Gasteiger partial charge in [-0.15, -0.1) is 0 Å². The molecule has 7 nitrogen and oxygen atoms in total. The second kappa shape index (κ2) is 14.6. The highest BCUT2D eigenvalue weighted by Gasteiger charge is 2.61. The van der Waals surface area contributed by atoms with Crippen LogP contribution in [0.3, 0.4) is 0 Å². The third-order valence-electron chi connectivity index (χ3n) is 16.8. The first-order valence-corrected chi connectivity index (χ1v) is 21.9. The van der Waals surface area contributed by atoms with Crippen LogP contribution in [0.25, 0.3) is 0 Å². The first-order valence-electron chi connectivity index (χ1n) is 21.9. The number of rotatable bonds is 7. The van der Waals surface area contributed by atoms with Crippen LogP contribution in [0.5, 0.6) is 5.75 Å².